The van der Waals surface area contributed by atoms with Gasteiger partial charge in [0.15, 0.2) is 0 Å². The molecule has 3 rings (SSSR count). The summed E-state index contributed by atoms with van der Waals surface area (Å²) in [5.41, 5.74) is 1.89. The molecule has 0 N–H and O–H groups in total. The van der Waals surface area contributed by atoms with Gasteiger partial charge in [0.1, 0.15) is 11.9 Å². The number of rotatable bonds is 7. The lowest BCUT2D eigenvalue weighted by Crippen LogP contribution is -2.48. The SMILES string of the molecule is Cc1cccc(-c2noc(CN(C)C(=O)C(C)N(c3cccc(F)c3)S(C)(=O)=O)n2)c1. The van der Waals surface area contributed by atoms with E-state index in [0.717, 1.165) is 27.8 Å². The van der Waals surface area contributed by atoms with Gasteiger partial charge in [0.2, 0.25) is 27.6 Å². The van der Waals surface area contributed by atoms with E-state index in [1.165, 1.54) is 37.1 Å². The van der Waals surface area contributed by atoms with Crippen molar-refractivity contribution in [2.24, 2.45) is 0 Å². The monoisotopic (exact) mass is 446 g/mol. The maximum Gasteiger partial charge on any atom is 0.246 e. The molecule has 0 fully saturated rings. The van der Waals surface area contributed by atoms with Crippen LogP contribution in [0.2, 0.25) is 0 Å². The maximum atomic E-state index is 13.6. The van der Waals surface area contributed by atoms with Crippen LogP contribution in [-0.4, -0.2) is 48.7 Å². The molecule has 164 valence electrons. The van der Waals surface area contributed by atoms with Gasteiger partial charge in [-0.25, -0.2) is 12.8 Å². The summed E-state index contributed by atoms with van der Waals surface area (Å²) in [7, 11) is -2.35. The Balaban J connectivity index is 1.78. The zero-order chi connectivity index (χ0) is 22.8. The Labute approximate surface area is 180 Å². The first kappa shape index (κ1) is 22.4. The van der Waals surface area contributed by atoms with Crippen molar-refractivity contribution in [3.8, 4) is 11.4 Å². The molecule has 1 aromatic heterocycles. The van der Waals surface area contributed by atoms with Gasteiger partial charge in [-0.05, 0) is 38.1 Å². The Hall–Kier alpha value is -3.27. The first-order valence-corrected chi connectivity index (χ1v) is 11.3. The molecule has 1 atom stereocenters. The van der Waals surface area contributed by atoms with E-state index in [-0.39, 0.29) is 18.1 Å². The van der Waals surface area contributed by atoms with Crippen LogP contribution in [0.3, 0.4) is 0 Å². The smallest absolute Gasteiger partial charge is 0.246 e. The molecule has 2 aromatic carbocycles. The molecule has 0 radical (unpaired) electrons. The highest BCUT2D eigenvalue weighted by Crippen LogP contribution is 2.23. The first-order chi connectivity index (χ1) is 14.6. The van der Waals surface area contributed by atoms with Crippen LogP contribution in [0.5, 0.6) is 0 Å². The van der Waals surface area contributed by atoms with Crippen LogP contribution < -0.4 is 4.31 Å². The lowest BCUT2D eigenvalue weighted by Gasteiger charge is -2.30. The van der Waals surface area contributed by atoms with E-state index in [0.29, 0.717) is 5.82 Å². The molecule has 31 heavy (non-hydrogen) atoms. The third kappa shape index (κ3) is 5.26. The topological polar surface area (TPSA) is 96.6 Å². The largest absolute Gasteiger partial charge is 0.337 e. The molecular formula is C21H23FN4O4S. The molecule has 1 amide bonds. The minimum absolute atomic E-state index is 0.0112. The molecule has 0 saturated carbocycles. The number of nitrogens with zero attached hydrogens (tertiary/aromatic N) is 4. The standard InChI is InChI=1S/C21H23FN4O4S/c1-14-7-5-8-16(11-14)20-23-19(30-24-20)13-25(3)21(27)15(2)26(31(4,28)29)18-10-6-9-17(22)12-18/h5-12,15H,13H2,1-4H3. The van der Waals surface area contributed by atoms with Gasteiger partial charge >= 0.3 is 0 Å². The number of anilines is 1. The second-order valence-corrected chi connectivity index (χ2v) is 9.15. The van der Waals surface area contributed by atoms with Crippen LogP contribution in [-0.2, 0) is 21.4 Å². The van der Waals surface area contributed by atoms with E-state index in [1.807, 2.05) is 31.2 Å². The van der Waals surface area contributed by atoms with Gasteiger partial charge in [0.25, 0.3) is 0 Å². The fraction of sp³-hybridized carbons (Fsp3) is 0.286. The van der Waals surface area contributed by atoms with Gasteiger partial charge in [0.05, 0.1) is 18.5 Å². The zero-order valence-corrected chi connectivity index (χ0v) is 18.4. The fourth-order valence-corrected chi connectivity index (χ4v) is 4.40. The van der Waals surface area contributed by atoms with Gasteiger partial charge in [-0.1, -0.05) is 35.0 Å². The number of amides is 1. The average molecular weight is 447 g/mol. The highest BCUT2D eigenvalue weighted by atomic mass is 32.2. The van der Waals surface area contributed by atoms with Crippen molar-refractivity contribution in [3.63, 3.8) is 0 Å². The van der Waals surface area contributed by atoms with Crippen LogP contribution >= 0.6 is 0 Å². The summed E-state index contributed by atoms with van der Waals surface area (Å²) < 4.78 is 44.5. The molecule has 0 saturated heterocycles. The molecule has 1 heterocycles. The number of benzene rings is 2. The van der Waals surface area contributed by atoms with E-state index >= 15 is 0 Å². The van der Waals surface area contributed by atoms with Gasteiger partial charge in [-0.3, -0.25) is 9.10 Å². The number of halogens is 1. The van der Waals surface area contributed by atoms with Crippen LogP contribution in [0.1, 0.15) is 18.4 Å². The number of aryl methyl sites for hydroxylation is 1. The van der Waals surface area contributed by atoms with Crippen molar-refractivity contribution >= 4 is 21.6 Å². The summed E-state index contributed by atoms with van der Waals surface area (Å²) in [4.78, 5) is 18.6. The van der Waals surface area contributed by atoms with Crippen LogP contribution in [0.25, 0.3) is 11.4 Å². The van der Waals surface area contributed by atoms with Crippen molar-refractivity contribution < 1.29 is 22.1 Å². The summed E-state index contributed by atoms with van der Waals surface area (Å²) in [6.07, 6.45) is 0.966. The third-order valence-corrected chi connectivity index (χ3v) is 5.86. The average Bonchev–Trinajstić information content (AvgIpc) is 3.15. The Morgan fingerprint density at radius 3 is 2.55 bits per heavy atom. The molecule has 0 aliphatic heterocycles. The molecule has 0 aliphatic carbocycles. The number of hydrogen-bond acceptors (Lipinski definition) is 6. The first-order valence-electron chi connectivity index (χ1n) is 9.46. The Kier molecular flexibility index (Phi) is 6.40. The molecule has 8 nitrogen and oxygen atoms in total. The lowest BCUT2D eigenvalue weighted by molar-refractivity contribution is -0.131. The maximum absolute atomic E-state index is 13.6. The number of carbonyl (C=O) groups excluding carboxylic acids is 1. The van der Waals surface area contributed by atoms with Gasteiger partial charge in [-0.15, -0.1) is 0 Å². The normalized spacial score (nSPS) is 12.4. The minimum Gasteiger partial charge on any atom is -0.337 e. The molecule has 10 heteroatoms. The Bertz CT molecular complexity index is 1200. The fourth-order valence-electron chi connectivity index (χ4n) is 3.24. The van der Waals surface area contributed by atoms with Crippen molar-refractivity contribution in [3.05, 3.63) is 65.8 Å². The lowest BCUT2D eigenvalue weighted by atomic mass is 10.1. The van der Waals surface area contributed by atoms with Crippen LogP contribution in [0.4, 0.5) is 10.1 Å². The minimum atomic E-state index is -3.85. The number of likely N-dealkylation sites (N-methyl/N-ethyl adjacent to an activating group) is 1. The quantitative estimate of drug-likeness (QED) is 0.554. The predicted molar refractivity (Wildman–Crippen MR) is 114 cm³/mol. The summed E-state index contributed by atoms with van der Waals surface area (Å²) in [6, 6.07) is 11.6. The van der Waals surface area contributed by atoms with Gasteiger partial charge in [0, 0.05) is 12.6 Å². The number of carbonyl (C=O) groups is 1. The molecule has 0 bridgehead atoms. The van der Waals surface area contributed by atoms with E-state index < -0.39 is 27.8 Å². The highest BCUT2D eigenvalue weighted by molar-refractivity contribution is 7.92. The number of aromatic nitrogens is 2. The highest BCUT2D eigenvalue weighted by Gasteiger charge is 2.31. The summed E-state index contributed by atoms with van der Waals surface area (Å²) in [5, 5.41) is 3.94. The number of sulfonamides is 1. The Morgan fingerprint density at radius 1 is 1.19 bits per heavy atom. The van der Waals surface area contributed by atoms with Crippen LogP contribution in [0, 0.1) is 12.7 Å². The summed E-state index contributed by atoms with van der Waals surface area (Å²) in [5.74, 6) is -0.514. The molecule has 0 spiro atoms. The van der Waals surface area contributed by atoms with Crippen LogP contribution in [0.15, 0.2) is 53.1 Å². The summed E-state index contributed by atoms with van der Waals surface area (Å²) in [6.45, 7) is 3.38. The zero-order valence-electron chi connectivity index (χ0n) is 17.6. The van der Waals surface area contributed by atoms with E-state index in [4.69, 9.17) is 4.52 Å². The molecule has 0 aliphatic rings. The molecule has 1 unspecified atom stereocenters. The number of hydrogen-bond donors (Lipinski definition) is 0. The van der Waals surface area contributed by atoms with E-state index in [9.17, 15) is 17.6 Å². The van der Waals surface area contributed by atoms with Crippen molar-refractivity contribution in [2.45, 2.75) is 26.4 Å². The van der Waals surface area contributed by atoms with E-state index in [1.54, 1.807) is 0 Å². The Morgan fingerprint density at radius 2 is 1.90 bits per heavy atom. The summed E-state index contributed by atoms with van der Waals surface area (Å²) >= 11 is 0. The third-order valence-electron chi connectivity index (χ3n) is 4.62. The predicted octanol–water partition coefficient (Wildman–Crippen LogP) is 3.00. The van der Waals surface area contributed by atoms with Gasteiger partial charge in [-0.2, -0.15) is 4.98 Å². The second-order valence-electron chi connectivity index (χ2n) is 7.29. The van der Waals surface area contributed by atoms with Crippen molar-refractivity contribution in [1.29, 1.82) is 0 Å². The van der Waals surface area contributed by atoms with Crippen molar-refractivity contribution in [2.75, 3.05) is 17.6 Å². The molecule has 3 aromatic rings. The van der Waals surface area contributed by atoms with E-state index in [2.05, 4.69) is 10.1 Å². The van der Waals surface area contributed by atoms with Crippen molar-refractivity contribution in [1.82, 2.24) is 15.0 Å². The molecular weight excluding hydrogens is 423 g/mol. The second kappa shape index (κ2) is 8.84. The van der Waals surface area contributed by atoms with Gasteiger partial charge < -0.3 is 9.42 Å².